The summed E-state index contributed by atoms with van der Waals surface area (Å²) in [6.45, 7) is 3.23. The Morgan fingerprint density at radius 2 is 1.66 bits per heavy atom. The predicted octanol–water partition coefficient (Wildman–Crippen LogP) is 5.17. The average Bonchev–Trinajstić information content (AvgIpc) is 3.74. The zero-order valence-corrected chi connectivity index (χ0v) is 21.9. The van der Waals surface area contributed by atoms with E-state index in [9.17, 15) is 4.79 Å². The molecule has 6 heteroatoms. The topological polar surface area (TPSA) is 50.6 Å². The van der Waals surface area contributed by atoms with E-state index in [0.29, 0.717) is 19.0 Å². The first-order valence-electron chi connectivity index (χ1n) is 13.5. The van der Waals surface area contributed by atoms with E-state index >= 15 is 0 Å². The molecule has 3 aromatic carbocycles. The first-order valence-corrected chi connectivity index (χ1v) is 13.5. The highest BCUT2D eigenvalue weighted by Gasteiger charge is 2.35. The van der Waals surface area contributed by atoms with Gasteiger partial charge in [0.05, 0.1) is 37.2 Å². The van der Waals surface area contributed by atoms with Crippen LogP contribution in [0.15, 0.2) is 84.9 Å². The third kappa shape index (κ3) is 5.36. The van der Waals surface area contributed by atoms with Gasteiger partial charge < -0.3 is 9.64 Å². The molecule has 6 rings (SSSR count). The van der Waals surface area contributed by atoms with Gasteiger partial charge in [0.15, 0.2) is 0 Å². The second-order valence-electron chi connectivity index (χ2n) is 10.3. The normalized spacial score (nSPS) is 15.2. The number of aromatic nitrogens is 2. The number of nitrogens with zero attached hydrogens (tertiary/aromatic N) is 4. The number of para-hydroxylation sites is 1. The molecule has 1 aliphatic heterocycles. The highest BCUT2D eigenvalue weighted by atomic mass is 16.5. The Morgan fingerprint density at radius 1 is 0.947 bits per heavy atom. The van der Waals surface area contributed by atoms with Gasteiger partial charge in [-0.3, -0.25) is 9.69 Å². The van der Waals surface area contributed by atoms with Crippen molar-refractivity contribution in [2.75, 3.05) is 13.7 Å². The molecule has 194 valence electrons. The summed E-state index contributed by atoms with van der Waals surface area (Å²) in [6.07, 6.45) is 3.51. The quantitative estimate of drug-likeness (QED) is 0.314. The van der Waals surface area contributed by atoms with Crippen LogP contribution in [-0.2, 0) is 37.3 Å². The fourth-order valence-corrected chi connectivity index (χ4v) is 5.42. The minimum atomic E-state index is 0.188. The van der Waals surface area contributed by atoms with Crippen LogP contribution in [0.4, 0.5) is 0 Å². The Kier molecular flexibility index (Phi) is 6.97. The summed E-state index contributed by atoms with van der Waals surface area (Å²) in [7, 11) is 1.70. The number of hydrogen-bond donors (Lipinski definition) is 0. The molecular formula is C32H34N4O2. The molecule has 0 spiro atoms. The van der Waals surface area contributed by atoms with Gasteiger partial charge in [-0.2, -0.15) is 5.10 Å². The fourth-order valence-electron chi connectivity index (χ4n) is 5.42. The summed E-state index contributed by atoms with van der Waals surface area (Å²) >= 11 is 0. The van der Waals surface area contributed by atoms with Crippen LogP contribution in [0.2, 0.25) is 0 Å². The Balaban J connectivity index is 1.28. The monoisotopic (exact) mass is 506 g/mol. The SMILES string of the molecule is COc1ccc(CN2CCc3c(c(CN(C(=O)Cc4ccccc4)C4CC4)nn3-c3ccccc3)C2)cc1. The second kappa shape index (κ2) is 10.8. The number of methoxy groups -OCH3 is 1. The van der Waals surface area contributed by atoms with Crippen LogP contribution in [0, 0.1) is 0 Å². The van der Waals surface area contributed by atoms with E-state index in [4.69, 9.17) is 9.84 Å². The molecule has 1 aromatic heterocycles. The van der Waals surface area contributed by atoms with E-state index in [2.05, 4.69) is 50.9 Å². The van der Waals surface area contributed by atoms with Crippen molar-refractivity contribution in [1.82, 2.24) is 19.6 Å². The Morgan fingerprint density at radius 3 is 2.34 bits per heavy atom. The summed E-state index contributed by atoms with van der Waals surface area (Å²) in [4.78, 5) is 18.0. The van der Waals surface area contributed by atoms with Crippen molar-refractivity contribution in [2.24, 2.45) is 0 Å². The molecule has 1 aliphatic carbocycles. The first kappa shape index (κ1) is 24.4. The molecule has 2 heterocycles. The molecule has 1 saturated carbocycles. The Hall–Kier alpha value is -3.90. The van der Waals surface area contributed by atoms with Gasteiger partial charge in [-0.05, 0) is 48.2 Å². The van der Waals surface area contributed by atoms with E-state index in [-0.39, 0.29) is 5.91 Å². The molecule has 2 aliphatic rings. The molecule has 0 radical (unpaired) electrons. The van der Waals surface area contributed by atoms with Gasteiger partial charge in [-0.15, -0.1) is 0 Å². The van der Waals surface area contributed by atoms with Crippen LogP contribution in [0.3, 0.4) is 0 Å². The highest BCUT2D eigenvalue weighted by molar-refractivity contribution is 5.79. The lowest BCUT2D eigenvalue weighted by molar-refractivity contribution is -0.131. The van der Waals surface area contributed by atoms with Crippen molar-refractivity contribution >= 4 is 5.91 Å². The van der Waals surface area contributed by atoms with Gasteiger partial charge in [0.2, 0.25) is 5.91 Å². The standard InChI is InChI=1S/C32H34N4O2/c1-38-28-16-12-25(13-17-28)21-34-19-18-31-29(22-34)30(33-36(31)27-10-6-3-7-11-27)23-35(26-14-15-26)32(37)20-24-8-4-2-5-9-24/h2-13,16-17,26H,14-15,18-23H2,1H3. The smallest absolute Gasteiger partial charge is 0.227 e. The van der Waals surface area contributed by atoms with Crippen LogP contribution in [0.1, 0.15) is 40.9 Å². The molecule has 0 bridgehead atoms. The van der Waals surface area contributed by atoms with Crippen LogP contribution in [-0.4, -0.2) is 45.2 Å². The lowest BCUT2D eigenvalue weighted by atomic mass is 10.0. The lowest BCUT2D eigenvalue weighted by Crippen LogP contribution is -2.35. The predicted molar refractivity (Wildman–Crippen MR) is 148 cm³/mol. The largest absolute Gasteiger partial charge is 0.497 e. The maximum absolute atomic E-state index is 13.5. The van der Waals surface area contributed by atoms with Crippen LogP contribution in [0.5, 0.6) is 5.75 Å². The number of benzene rings is 3. The van der Waals surface area contributed by atoms with Gasteiger partial charge in [-0.25, -0.2) is 4.68 Å². The average molecular weight is 507 g/mol. The van der Waals surface area contributed by atoms with Crippen molar-refractivity contribution in [3.05, 3.63) is 113 Å². The highest BCUT2D eigenvalue weighted by Crippen LogP contribution is 2.32. The fraction of sp³-hybridized carbons (Fsp3) is 0.312. The van der Waals surface area contributed by atoms with Crippen molar-refractivity contribution in [3.63, 3.8) is 0 Å². The first-order chi connectivity index (χ1) is 18.7. The number of ether oxygens (including phenoxy) is 1. The minimum Gasteiger partial charge on any atom is -0.497 e. The molecule has 0 N–H and O–H groups in total. The molecule has 0 atom stereocenters. The van der Waals surface area contributed by atoms with Gasteiger partial charge in [0.25, 0.3) is 0 Å². The van der Waals surface area contributed by atoms with E-state index in [1.165, 1.54) is 16.8 Å². The number of carbonyl (C=O) groups is 1. The van der Waals surface area contributed by atoms with Crippen molar-refractivity contribution in [3.8, 4) is 11.4 Å². The molecule has 6 nitrogen and oxygen atoms in total. The number of rotatable bonds is 9. The van der Waals surface area contributed by atoms with Gasteiger partial charge >= 0.3 is 0 Å². The molecule has 4 aromatic rings. The lowest BCUT2D eigenvalue weighted by Gasteiger charge is -2.29. The van der Waals surface area contributed by atoms with Crippen LogP contribution in [0.25, 0.3) is 5.69 Å². The van der Waals surface area contributed by atoms with Gasteiger partial charge in [0, 0.05) is 37.7 Å². The van der Waals surface area contributed by atoms with E-state index in [0.717, 1.165) is 61.6 Å². The third-order valence-electron chi connectivity index (χ3n) is 7.61. The van der Waals surface area contributed by atoms with Crippen LogP contribution < -0.4 is 4.74 Å². The molecule has 0 saturated heterocycles. The maximum atomic E-state index is 13.5. The number of hydrogen-bond acceptors (Lipinski definition) is 4. The zero-order valence-electron chi connectivity index (χ0n) is 21.9. The van der Waals surface area contributed by atoms with E-state index in [1.54, 1.807) is 7.11 Å². The minimum absolute atomic E-state index is 0.188. The van der Waals surface area contributed by atoms with E-state index in [1.807, 2.05) is 48.5 Å². The summed E-state index contributed by atoms with van der Waals surface area (Å²) < 4.78 is 7.44. The van der Waals surface area contributed by atoms with Crippen LogP contribution >= 0.6 is 0 Å². The molecule has 0 unspecified atom stereocenters. The van der Waals surface area contributed by atoms with Crippen molar-refractivity contribution in [1.29, 1.82) is 0 Å². The second-order valence-corrected chi connectivity index (χ2v) is 10.3. The molecular weight excluding hydrogens is 472 g/mol. The summed E-state index contributed by atoms with van der Waals surface area (Å²) in [5.74, 6) is 1.06. The summed E-state index contributed by atoms with van der Waals surface area (Å²) in [5, 5.41) is 5.15. The van der Waals surface area contributed by atoms with Crippen molar-refractivity contribution < 1.29 is 9.53 Å². The molecule has 38 heavy (non-hydrogen) atoms. The molecule has 1 amide bonds. The third-order valence-corrected chi connectivity index (χ3v) is 7.61. The summed E-state index contributed by atoms with van der Waals surface area (Å²) in [6, 6.07) is 29.1. The Labute approximate surface area is 224 Å². The summed E-state index contributed by atoms with van der Waals surface area (Å²) in [5.41, 5.74) is 6.97. The Bertz CT molecular complexity index is 1380. The van der Waals surface area contributed by atoms with Gasteiger partial charge in [0.1, 0.15) is 5.75 Å². The number of fused-ring (bicyclic) bond motifs is 1. The van der Waals surface area contributed by atoms with Gasteiger partial charge in [-0.1, -0.05) is 60.7 Å². The van der Waals surface area contributed by atoms with E-state index < -0.39 is 0 Å². The maximum Gasteiger partial charge on any atom is 0.227 e. The number of carbonyl (C=O) groups excluding carboxylic acids is 1. The van der Waals surface area contributed by atoms with Crippen molar-refractivity contribution in [2.45, 2.75) is 51.4 Å². The number of amides is 1. The molecule has 1 fully saturated rings. The zero-order chi connectivity index (χ0) is 25.9.